The Morgan fingerprint density at radius 3 is 1.31 bits per heavy atom. The largest absolute Gasteiger partial charge is 0.380 e. The number of amides is 4. The van der Waals surface area contributed by atoms with Crippen molar-refractivity contribution in [2.75, 3.05) is 24.0 Å². The molecule has 2 unspecified atom stereocenters. The number of carbonyl (C=O) groups excluding carboxylic acids is 4. The van der Waals surface area contributed by atoms with Crippen LogP contribution in [0.2, 0.25) is 0 Å². The third-order valence-electron chi connectivity index (χ3n) is 7.97. The fourth-order valence-corrected chi connectivity index (χ4v) is 6.64. The van der Waals surface area contributed by atoms with E-state index in [1.165, 1.54) is 9.80 Å². The summed E-state index contributed by atoms with van der Waals surface area (Å²) in [4.78, 5) is 57.2. The minimum atomic E-state index is -0.656. The van der Waals surface area contributed by atoms with Crippen LogP contribution in [0.15, 0.2) is 60.7 Å². The van der Waals surface area contributed by atoms with E-state index in [1.807, 2.05) is 24.3 Å². The van der Waals surface area contributed by atoms with E-state index in [9.17, 15) is 19.2 Å². The van der Waals surface area contributed by atoms with Gasteiger partial charge in [0.2, 0.25) is 23.6 Å². The Kier molecular flexibility index (Phi) is 5.39. The minimum absolute atomic E-state index is 0.307. The van der Waals surface area contributed by atoms with Crippen LogP contribution in [-0.4, -0.2) is 37.8 Å². The van der Waals surface area contributed by atoms with E-state index in [0.29, 0.717) is 24.6 Å². The smallest absolute Gasteiger partial charge is 0.238 e. The molecule has 8 heteroatoms. The average molecular weight is 487 g/mol. The first-order valence-electron chi connectivity index (χ1n) is 12.1. The van der Waals surface area contributed by atoms with Crippen LogP contribution in [0.3, 0.4) is 0 Å². The van der Waals surface area contributed by atoms with E-state index in [2.05, 4.69) is 0 Å². The summed E-state index contributed by atoms with van der Waals surface area (Å²) in [5.41, 5.74) is 2.68. The maximum absolute atomic E-state index is 13.7. The molecule has 184 valence electrons. The second kappa shape index (κ2) is 8.50. The summed E-state index contributed by atoms with van der Waals surface area (Å²) in [5, 5.41) is 0. The Balaban J connectivity index is 1.35. The van der Waals surface area contributed by atoms with E-state index >= 15 is 0 Å². The molecule has 0 aromatic heterocycles. The predicted octanol–water partition coefficient (Wildman–Crippen LogP) is 2.71. The molecule has 3 fully saturated rings. The molecular weight excluding hydrogens is 460 g/mol. The monoisotopic (exact) mass is 486 g/mol. The van der Waals surface area contributed by atoms with Crippen LogP contribution in [0.4, 0.5) is 11.4 Å². The molecule has 1 saturated carbocycles. The van der Waals surface area contributed by atoms with Crippen molar-refractivity contribution >= 4 is 35.0 Å². The molecular formula is C28H26N2O6. The third-order valence-corrected chi connectivity index (χ3v) is 7.97. The van der Waals surface area contributed by atoms with Gasteiger partial charge in [0.05, 0.1) is 48.3 Å². The number of ether oxygens (including phenoxy) is 2. The summed E-state index contributed by atoms with van der Waals surface area (Å²) in [7, 11) is 3.17. The number of nitrogens with zero attached hydrogens (tertiary/aromatic N) is 2. The van der Waals surface area contributed by atoms with Crippen molar-refractivity contribution in [1.29, 1.82) is 0 Å². The van der Waals surface area contributed by atoms with E-state index in [4.69, 9.17) is 9.47 Å². The summed E-state index contributed by atoms with van der Waals surface area (Å²) in [6.07, 6.45) is 3.75. The van der Waals surface area contributed by atoms with E-state index in [0.717, 1.165) is 11.1 Å². The highest BCUT2D eigenvalue weighted by molar-refractivity contribution is 6.26. The van der Waals surface area contributed by atoms with E-state index < -0.39 is 35.5 Å². The maximum atomic E-state index is 13.7. The zero-order valence-electron chi connectivity index (χ0n) is 20.0. The number of benzene rings is 2. The van der Waals surface area contributed by atoms with Crippen LogP contribution >= 0.6 is 0 Å². The second-order valence-electron chi connectivity index (χ2n) is 9.87. The summed E-state index contributed by atoms with van der Waals surface area (Å²) in [6.45, 7) is 0.719. The molecule has 2 saturated heterocycles. The van der Waals surface area contributed by atoms with Gasteiger partial charge >= 0.3 is 0 Å². The van der Waals surface area contributed by atoms with Gasteiger partial charge in [0.25, 0.3) is 0 Å². The Bertz CT molecular complexity index is 1180. The minimum Gasteiger partial charge on any atom is -0.380 e. The number of rotatable bonds is 6. The Hall–Kier alpha value is -3.62. The van der Waals surface area contributed by atoms with Gasteiger partial charge in [-0.1, -0.05) is 36.4 Å². The lowest BCUT2D eigenvalue weighted by molar-refractivity contribution is -0.137. The average Bonchev–Trinajstić information content (AvgIpc) is 3.32. The van der Waals surface area contributed by atoms with Crippen LogP contribution < -0.4 is 9.80 Å². The second-order valence-corrected chi connectivity index (χ2v) is 9.87. The van der Waals surface area contributed by atoms with Crippen molar-refractivity contribution in [3.63, 3.8) is 0 Å². The highest BCUT2D eigenvalue weighted by Gasteiger charge is 2.68. The normalized spacial score (nSPS) is 30.4. The summed E-state index contributed by atoms with van der Waals surface area (Å²) < 4.78 is 10.4. The van der Waals surface area contributed by atoms with Crippen molar-refractivity contribution in [1.82, 2.24) is 0 Å². The molecule has 2 aromatic carbocycles. The lowest BCUT2D eigenvalue weighted by Gasteiger charge is -2.44. The summed E-state index contributed by atoms with van der Waals surface area (Å²) >= 11 is 0. The fourth-order valence-electron chi connectivity index (χ4n) is 6.64. The molecule has 2 bridgehead atoms. The molecule has 7 rings (SSSR count). The Labute approximate surface area is 208 Å². The van der Waals surface area contributed by atoms with Crippen molar-refractivity contribution in [2.45, 2.75) is 13.2 Å². The highest BCUT2D eigenvalue weighted by Crippen LogP contribution is 2.58. The SMILES string of the molecule is COCc1cccc(N2C(=O)[C@@H]3C4C=CC([C@@H]3C2=O)[C@@H]2C(=O)N(c3cccc(COC)c3)C(=O)[C@@H]42)c1. The van der Waals surface area contributed by atoms with E-state index in [-0.39, 0.29) is 23.6 Å². The van der Waals surface area contributed by atoms with Gasteiger partial charge in [-0.05, 0) is 35.4 Å². The number of imide groups is 2. The number of hydrogen-bond acceptors (Lipinski definition) is 6. The molecule has 3 aliphatic carbocycles. The Morgan fingerprint density at radius 2 is 0.972 bits per heavy atom. The molecule has 5 aliphatic rings. The number of allylic oxidation sites excluding steroid dienone is 2. The first kappa shape index (κ1) is 22.8. The van der Waals surface area contributed by atoms with Gasteiger partial charge in [-0.2, -0.15) is 0 Å². The van der Waals surface area contributed by atoms with Gasteiger partial charge in [-0.25, -0.2) is 0 Å². The van der Waals surface area contributed by atoms with Crippen LogP contribution in [-0.2, 0) is 41.9 Å². The highest BCUT2D eigenvalue weighted by atomic mass is 16.5. The first-order valence-corrected chi connectivity index (χ1v) is 12.1. The quantitative estimate of drug-likeness (QED) is 0.461. The van der Waals surface area contributed by atoms with Crippen LogP contribution in [0, 0.1) is 35.5 Å². The topological polar surface area (TPSA) is 93.2 Å². The van der Waals surface area contributed by atoms with Gasteiger partial charge in [0.15, 0.2) is 0 Å². The van der Waals surface area contributed by atoms with Crippen molar-refractivity contribution in [3.8, 4) is 0 Å². The maximum Gasteiger partial charge on any atom is 0.238 e. The number of anilines is 2. The van der Waals surface area contributed by atoms with Gasteiger partial charge in [-0.15, -0.1) is 0 Å². The molecule has 8 nitrogen and oxygen atoms in total. The van der Waals surface area contributed by atoms with Crippen LogP contribution in [0.5, 0.6) is 0 Å². The number of hydrogen-bond donors (Lipinski definition) is 0. The van der Waals surface area contributed by atoms with Crippen molar-refractivity contribution < 1.29 is 28.7 Å². The number of carbonyl (C=O) groups is 4. The molecule has 2 aliphatic heterocycles. The Morgan fingerprint density at radius 1 is 0.611 bits per heavy atom. The predicted molar refractivity (Wildman–Crippen MR) is 129 cm³/mol. The zero-order chi connectivity index (χ0) is 25.1. The lowest BCUT2D eigenvalue weighted by Crippen LogP contribution is -2.50. The third kappa shape index (κ3) is 3.14. The van der Waals surface area contributed by atoms with Crippen LogP contribution in [0.25, 0.3) is 0 Å². The molecule has 6 atom stereocenters. The molecule has 36 heavy (non-hydrogen) atoms. The van der Waals surface area contributed by atoms with Crippen LogP contribution in [0.1, 0.15) is 11.1 Å². The molecule has 0 radical (unpaired) electrons. The molecule has 2 aromatic rings. The van der Waals surface area contributed by atoms with Gasteiger partial charge in [0, 0.05) is 26.1 Å². The molecule has 0 N–H and O–H groups in total. The molecule has 0 spiro atoms. The zero-order valence-corrected chi connectivity index (χ0v) is 20.0. The molecule has 4 amide bonds. The van der Waals surface area contributed by atoms with Gasteiger partial charge in [0.1, 0.15) is 0 Å². The summed E-state index contributed by atoms with van der Waals surface area (Å²) in [5.74, 6) is -4.86. The fraction of sp³-hybridized carbons (Fsp3) is 0.357. The molecule has 2 heterocycles. The standard InChI is InChI=1S/C28H26N2O6/c1-35-13-15-5-3-7-17(11-15)29-25(31)21-19-9-10-20(22(21)26(29)32)24-23(19)27(33)30(28(24)34)18-8-4-6-16(12-18)14-36-2/h3-12,19-24H,13-14H2,1-2H3/t19?,20?,21-,22-,23-,24+/m0/s1. The number of methoxy groups -OCH3 is 2. The lowest BCUT2D eigenvalue weighted by atomic mass is 9.54. The van der Waals surface area contributed by atoms with Gasteiger partial charge < -0.3 is 9.47 Å². The van der Waals surface area contributed by atoms with Crippen molar-refractivity contribution in [2.24, 2.45) is 35.5 Å². The van der Waals surface area contributed by atoms with Gasteiger partial charge in [-0.3, -0.25) is 29.0 Å². The summed E-state index contributed by atoms with van der Waals surface area (Å²) in [6, 6.07) is 14.3. The van der Waals surface area contributed by atoms with E-state index in [1.54, 1.807) is 50.6 Å². The first-order chi connectivity index (χ1) is 17.5. The van der Waals surface area contributed by atoms with Crippen molar-refractivity contribution in [3.05, 3.63) is 71.8 Å².